The number of nitrogens with one attached hydrogen (secondary N) is 1. The van der Waals surface area contributed by atoms with Crippen LogP contribution in [0.2, 0.25) is 0 Å². The highest BCUT2D eigenvalue weighted by Crippen LogP contribution is 2.20. The van der Waals surface area contributed by atoms with Crippen molar-refractivity contribution >= 4 is 5.95 Å². The van der Waals surface area contributed by atoms with E-state index < -0.39 is 0 Å². The Kier molecular flexibility index (Phi) is 4.58. The number of piperidine rings is 1. The summed E-state index contributed by atoms with van der Waals surface area (Å²) in [6, 6.07) is 0. The maximum Gasteiger partial charge on any atom is 0.244 e. The van der Waals surface area contributed by atoms with Gasteiger partial charge in [-0.15, -0.1) is 5.10 Å². The summed E-state index contributed by atoms with van der Waals surface area (Å²) in [7, 11) is 0. The molecule has 0 radical (unpaired) electrons. The minimum absolute atomic E-state index is 0.593. The number of H-pyrrole nitrogens is 1. The van der Waals surface area contributed by atoms with Gasteiger partial charge in [0.1, 0.15) is 5.82 Å². The highest BCUT2D eigenvalue weighted by Gasteiger charge is 2.21. The van der Waals surface area contributed by atoms with Gasteiger partial charge in [-0.1, -0.05) is 20.3 Å². The first-order valence-corrected chi connectivity index (χ1v) is 7.09. The van der Waals surface area contributed by atoms with Crippen LogP contribution in [0.15, 0.2) is 0 Å². The second-order valence-corrected chi connectivity index (χ2v) is 5.49. The van der Waals surface area contributed by atoms with Gasteiger partial charge >= 0.3 is 0 Å². The van der Waals surface area contributed by atoms with Gasteiger partial charge in [-0.3, -0.25) is 5.10 Å². The van der Waals surface area contributed by atoms with Crippen LogP contribution >= 0.6 is 0 Å². The fraction of sp³-hybridized carbons (Fsp3) is 0.846. The molecule has 2 unspecified atom stereocenters. The van der Waals surface area contributed by atoms with E-state index in [0.717, 1.165) is 37.8 Å². The molecule has 1 aliphatic rings. The van der Waals surface area contributed by atoms with Gasteiger partial charge in [0, 0.05) is 19.5 Å². The Morgan fingerprint density at radius 1 is 1.56 bits per heavy atom. The molecule has 1 aromatic rings. The summed E-state index contributed by atoms with van der Waals surface area (Å²) < 4.78 is 0. The van der Waals surface area contributed by atoms with Gasteiger partial charge in [0.05, 0.1) is 0 Å². The van der Waals surface area contributed by atoms with Crippen LogP contribution in [0.25, 0.3) is 0 Å². The number of hydrogen-bond donors (Lipinski definition) is 2. The molecule has 18 heavy (non-hydrogen) atoms. The van der Waals surface area contributed by atoms with Crippen molar-refractivity contribution in [2.75, 3.05) is 24.5 Å². The van der Waals surface area contributed by atoms with Crippen LogP contribution in [-0.2, 0) is 6.42 Å². The SMILES string of the molecule is CCC(C)Cc1nc(N2CCCC(CN)C2)n[nH]1. The molecule has 2 heterocycles. The molecule has 1 fully saturated rings. The fourth-order valence-corrected chi connectivity index (χ4v) is 2.43. The number of hydrogen-bond acceptors (Lipinski definition) is 4. The molecule has 0 aliphatic carbocycles. The second-order valence-electron chi connectivity index (χ2n) is 5.49. The van der Waals surface area contributed by atoms with Crippen molar-refractivity contribution in [3.05, 3.63) is 5.82 Å². The first kappa shape index (κ1) is 13.3. The summed E-state index contributed by atoms with van der Waals surface area (Å²) in [5.41, 5.74) is 5.76. The molecular weight excluding hydrogens is 226 g/mol. The first-order chi connectivity index (χ1) is 8.72. The Labute approximate surface area is 109 Å². The first-order valence-electron chi connectivity index (χ1n) is 7.09. The van der Waals surface area contributed by atoms with Gasteiger partial charge in [-0.25, -0.2) is 0 Å². The zero-order valence-electron chi connectivity index (χ0n) is 11.5. The summed E-state index contributed by atoms with van der Waals surface area (Å²) in [5.74, 6) is 3.11. The Balaban J connectivity index is 1.96. The van der Waals surface area contributed by atoms with Crippen molar-refractivity contribution < 1.29 is 0 Å². The zero-order chi connectivity index (χ0) is 13.0. The van der Waals surface area contributed by atoms with Crippen molar-refractivity contribution in [1.82, 2.24) is 15.2 Å². The van der Waals surface area contributed by atoms with Crippen LogP contribution in [0, 0.1) is 11.8 Å². The van der Waals surface area contributed by atoms with Crippen LogP contribution in [0.3, 0.4) is 0 Å². The molecule has 0 amide bonds. The molecule has 1 aliphatic heterocycles. The van der Waals surface area contributed by atoms with E-state index in [1.54, 1.807) is 0 Å². The van der Waals surface area contributed by atoms with Crippen LogP contribution < -0.4 is 10.6 Å². The van der Waals surface area contributed by atoms with Crippen molar-refractivity contribution in [1.29, 1.82) is 0 Å². The third kappa shape index (κ3) is 3.22. The molecule has 5 nitrogen and oxygen atoms in total. The number of nitrogens with zero attached hydrogens (tertiary/aromatic N) is 3. The monoisotopic (exact) mass is 251 g/mol. The van der Waals surface area contributed by atoms with Crippen molar-refractivity contribution in [3.8, 4) is 0 Å². The lowest BCUT2D eigenvalue weighted by Gasteiger charge is -2.31. The molecule has 1 aromatic heterocycles. The lowest BCUT2D eigenvalue weighted by molar-refractivity contribution is 0.419. The van der Waals surface area contributed by atoms with Crippen LogP contribution in [0.5, 0.6) is 0 Å². The molecule has 0 spiro atoms. The molecule has 1 saturated heterocycles. The normalized spacial score (nSPS) is 22.2. The number of aromatic amines is 1. The Bertz CT molecular complexity index is 362. The topological polar surface area (TPSA) is 70.8 Å². The predicted octanol–water partition coefficient (Wildman–Crippen LogP) is 1.57. The molecule has 0 aromatic carbocycles. The quantitative estimate of drug-likeness (QED) is 0.833. The largest absolute Gasteiger partial charge is 0.339 e. The summed E-state index contributed by atoms with van der Waals surface area (Å²) in [6.45, 7) is 7.26. The highest BCUT2D eigenvalue weighted by atomic mass is 15.4. The van der Waals surface area contributed by atoms with Gasteiger partial charge in [0.25, 0.3) is 0 Å². The van der Waals surface area contributed by atoms with Gasteiger partial charge in [0.2, 0.25) is 5.95 Å². The van der Waals surface area contributed by atoms with Crippen molar-refractivity contribution in [2.24, 2.45) is 17.6 Å². The van der Waals surface area contributed by atoms with Crippen LogP contribution in [0.4, 0.5) is 5.95 Å². The number of rotatable bonds is 5. The predicted molar refractivity (Wildman–Crippen MR) is 73.5 cm³/mol. The molecule has 102 valence electrons. The molecule has 3 N–H and O–H groups in total. The van der Waals surface area contributed by atoms with E-state index in [2.05, 4.69) is 33.9 Å². The van der Waals surface area contributed by atoms with E-state index in [4.69, 9.17) is 5.73 Å². The van der Waals surface area contributed by atoms with Gasteiger partial charge in [-0.05, 0) is 31.2 Å². The molecular formula is C13H25N5. The molecule has 5 heteroatoms. The smallest absolute Gasteiger partial charge is 0.244 e. The molecule has 2 rings (SSSR count). The molecule has 0 saturated carbocycles. The van der Waals surface area contributed by atoms with E-state index in [1.165, 1.54) is 19.3 Å². The Hall–Kier alpha value is -1.10. The minimum atomic E-state index is 0.593. The van der Waals surface area contributed by atoms with E-state index in [9.17, 15) is 0 Å². The van der Waals surface area contributed by atoms with Crippen LogP contribution in [-0.4, -0.2) is 34.8 Å². The lowest BCUT2D eigenvalue weighted by atomic mass is 9.99. The summed E-state index contributed by atoms with van der Waals surface area (Å²) >= 11 is 0. The Morgan fingerprint density at radius 3 is 3.11 bits per heavy atom. The number of aromatic nitrogens is 3. The van der Waals surface area contributed by atoms with Crippen molar-refractivity contribution in [2.45, 2.75) is 39.5 Å². The van der Waals surface area contributed by atoms with Crippen LogP contribution in [0.1, 0.15) is 38.9 Å². The maximum absolute atomic E-state index is 5.76. The van der Waals surface area contributed by atoms with E-state index in [0.29, 0.717) is 11.8 Å². The maximum atomic E-state index is 5.76. The van der Waals surface area contributed by atoms with Crippen molar-refractivity contribution in [3.63, 3.8) is 0 Å². The van der Waals surface area contributed by atoms with Gasteiger partial charge in [0.15, 0.2) is 0 Å². The van der Waals surface area contributed by atoms with E-state index in [1.807, 2.05) is 0 Å². The van der Waals surface area contributed by atoms with E-state index in [-0.39, 0.29) is 0 Å². The number of anilines is 1. The fourth-order valence-electron chi connectivity index (χ4n) is 2.43. The standard InChI is InChI=1S/C13H25N5/c1-3-10(2)7-12-15-13(17-16-12)18-6-4-5-11(8-14)9-18/h10-11H,3-9,14H2,1-2H3,(H,15,16,17). The highest BCUT2D eigenvalue weighted by molar-refractivity contribution is 5.29. The summed E-state index contributed by atoms with van der Waals surface area (Å²) in [4.78, 5) is 6.87. The third-order valence-corrected chi connectivity index (χ3v) is 3.89. The second kappa shape index (κ2) is 6.18. The molecule has 2 atom stereocenters. The average Bonchev–Trinajstić information content (AvgIpc) is 2.87. The van der Waals surface area contributed by atoms with Gasteiger partial charge < -0.3 is 10.6 Å². The Morgan fingerprint density at radius 2 is 2.39 bits per heavy atom. The lowest BCUT2D eigenvalue weighted by Crippen LogP contribution is -2.39. The summed E-state index contributed by atoms with van der Waals surface area (Å²) in [6.07, 6.45) is 4.58. The number of nitrogens with two attached hydrogens (primary N) is 1. The van der Waals surface area contributed by atoms with Gasteiger partial charge in [-0.2, -0.15) is 4.98 Å². The van der Waals surface area contributed by atoms with E-state index >= 15 is 0 Å². The zero-order valence-corrected chi connectivity index (χ0v) is 11.5. The third-order valence-electron chi connectivity index (χ3n) is 3.89. The summed E-state index contributed by atoms with van der Waals surface area (Å²) in [5, 5.41) is 7.41. The average molecular weight is 251 g/mol. The minimum Gasteiger partial charge on any atom is -0.339 e. The molecule has 0 bridgehead atoms.